The van der Waals surface area contributed by atoms with Crippen molar-refractivity contribution >= 4 is 30.7 Å². The zero-order chi connectivity index (χ0) is 16.9. The molecule has 0 aromatic heterocycles. The standard InChI is InChI=1S/C20H31N3O.2ClH/c1-22(2)20(24)10-6-9-19-18-11-17(12-21-19)14-23(15-18)13-16-7-4-3-5-8-16;;/h3-5,7-8,17-19,21H,6,9-15H2,1-2H3;2*1H/t17?,18?,19-;;/m1../s1. The predicted molar refractivity (Wildman–Crippen MR) is 112 cm³/mol. The van der Waals surface area contributed by atoms with Crippen LogP contribution in [-0.2, 0) is 11.3 Å². The van der Waals surface area contributed by atoms with Gasteiger partial charge < -0.3 is 10.2 Å². The molecule has 2 unspecified atom stereocenters. The first-order valence-corrected chi connectivity index (χ1v) is 9.31. The van der Waals surface area contributed by atoms with Gasteiger partial charge in [-0.15, -0.1) is 24.8 Å². The molecule has 0 radical (unpaired) electrons. The molecule has 148 valence electrons. The Bertz CT molecular complexity index is 541. The topological polar surface area (TPSA) is 35.6 Å². The maximum Gasteiger partial charge on any atom is 0.222 e. The Labute approximate surface area is 170 Å². The van der Waals surface area contributed by atoms with Crippen LogP contribution in [0.2, 0.25) is 0 Å². The summed E-state index contributed by atoms with van der Waals surface area (Å²) in [5, 5.41) is 3.76. The van der Waals surface area contributed by atoms with Crippen LogP contribution >= 0.6 is 24.8 Å². The summed E-state index contributed by atoms with van der Waals surface area (Å²) in [6, 6.07) is 11.4. The molecule has 6 heteroatoms. The average Bonchev–Trinajstić information content (AvgIpc) is 2.57. The van der Waals surface area contributed by atoms with Gasteiger partial charge in [-0.25, -0.2) is 0 Å². The van der Waals surface area contributed by atoms with Gasteiger partial charge in [0.1, 0.15) is 0 Å². The van der Waals surface area contributed by atoms with Gasteiger partial charge in [-0.1, -0.05) is 30.3 Å². The van der Waals surface area contributed by atoms with Crippen LogP contribution in [0.25, 0.3) is 0 Å². The van der Waals surface area contributed by atoms with Crippen molar-refractivity contribution in [1.82, 2.24) is 15.1 Å². The molecule has 2 fully saturated rings. The minimum absolute atomic E-state index is 0. The Morgan fingerprint density at radius 2 is 1.92 bits per heavy atom. The highest BCUT2D eigenvalue weighted by Gasteiger charge is 2.35. The molecule has 2 aliphatic rings. The summed E-state index contributed by atoms with van der Waals surface area (Å²) in [6.07, 6.45) is 4.14. The lowest BCUT2D eigenvalue weighted by Crippen LogP contribution is -2.55. The average molecular weight is 402 g/mol. The normalized spacial score (nSPS) is 24.9. The van der Waals surface area contributed by atoms with Crippen molar-refractivity contribution in [1.29, 1.82) is 0 Å². The van der Waals surface area contributed by atoms with Gasteiger partial charge in [0.25, 0.3) is 0 Å². The molecule has 0 aliphatic carbocycles. The van der Waals surface area contributed by atoms with E-state index in [1.807, 2.05) is 14.1 Å². The second-order valence-electron chi connectivity index (χ2n) is 7.74. The lowest BCUT2D eigenvalue weighted by Gasteiger charge is -2.46. The fourth-order valence-corrected chi connectivity index (χ4v) is 4.28. The summed E-state index contributed by atoms with van der Waals surface area (Å²) in [6.45, 7) is 4.60. The van der Waals surface area contributed by atoms with Crippen LogP contribution < -0.4 is 5.32 Å². The number of fused-ring (bicyclic) bond motifs is 2. The van der Waals surface area contributed by atoms with E-state index in [9.17, 15) is 4.79 Å². The first kappa shape index (κ1) is 23.2. The van der Waals surface area contributed by atoms with Gasteiger partial charge in [0.05, 0.1) is 0 Å². The summed E-state index contributed by atoms with van der Waals surface area (Å²) in [5.74, 6) is 1.76. The van der Waals surface area contributed by atoms with E-state index < -0.39 is 0 Å². The quantitative estimate of drug-likeness (QED) is 0.794. The van der Waals surface area contributed by atoms with Crippen molar-refractivity contribution in [2.24, 2.45) is 11.8 Å². The van der Waals surface area contributed by atoms with E-state index >= 15 is 0 Å². The fourth-order valence-electron chi connectivity index (χ4n) is 4.28. The maximum absolute atomic E-state index is 11.8. The third-order valence-corrected chi connectivity index (χ3v) is 5.54. The highest BCUT2D eigenvalue weighted by molar-refractivity contribution is 5.85. The number of halogens is 2. The van der Waals surface area contributed by atoms with Crippen LogP contribution in [0.3, 0.4) is 0 Å². The highest BCUT2D eigenvalue weighted by Crippen LogP contribution is 2.31. The third kappa shape index (κ3) is 6.41. The maximum atomic E-state index is 11.8. The van der Waals surface area contributed by atoms with Crippen molar-refractivity contribution in [3.63, 3.8) is 0 Å². The van der Waals surface area contributed by atoms with Gasteiger partial charge in [0.15, 0.2) is 0 Å². The molecule has 3 atom stereocenters. The van der Waals surface area contributed by atoms with Crippen molar-refractivity contribution < 1.29 is 4.79 Å². The van der Waals surface area contributed by atoms with Crippen LogP contribution in [0.15, 0.2) is 30.3 Å². The number of piperidine rings is 2. The Balaban J connectivity index is 0.00000169. The predicted octanol–water partition coefficient (Wildman–Crippen LogP) is 3.20. The number of carbonyl (C=O) groups is 1. The smallest absolute Gasteiger partial charge is 0.222 e. The lowest BCUT2D eigenvalue weighted by molar-refractivity contribution is -0.128. The molecule has 3 rings (SSSR count). The number of hydrogen-bond acceptors (Lipinski definition) is 3. The van der Waals surface area contributed by atoms with Crippen LogP contribution in [0.1, 0.15) is 31.2 Å². The van der Waals surface area contributed by atoms with Crippen molar-refractivity contribution in [2.45, 2.75) is 38.3 Å². The zero-order valence-corrected chi connectivity index (χ0v) is 17.5. The van der Waals surface area contributed by atoms with Gasteiger partial charge in [-0.2, -0.15) is 0 Å². The van der Waals surface area contributed by atoms with E-state index in [0.717, 1.165) is 37.8 Å². The molecule has 1 aromatic carbocycles. The number of benzene rings is 1. The molecule has 2 saturated heterocycles. The number of likely N-dealkylation sites (tertiary alicyclic amines) is 1. The van der Waals surface area contributed by atoms with E-state index in [-0.39, 0.29) is 30.7 Å². The first-order chi connectivity index (χ1) is 11.6. The fraction of sp³-hybridized carbons (Fsp3) is 0.650. The number of rotatable bonds is 6. The molecule has 1 amide bonds. The molecular formula is C20H33Cl2N3O. The highest BCUT2D eigenvalue weighted by atomic mass is 35.5. The molecular weight excluding hydrogens is 369 g/mol. The van der Waals surface area contributed by atoms with Gasteiger partial charge >= 0.3 is 0 Å². The Morgan fingerprint density at radius 1 is 1.19 bits per heavy atom. The van der Waals surface area contributed by atoms with Crippen molar-refractivity contribution in [3.8, 4) is 0 Å². The summed E-state index contributed by atoms with van der Waals surface area (Å²) in [5.41, 5.74) is 1.42. The summed E-state index contributed by atoms with van der Waals surface area (Å²) >= 11 is 0. The minimum atomic E-state index is 0. The van der Waals surface area contributed by atoms with E-state index in [2.05, 4.69) is 40.5 Å². The Morgan fingerprint density at radius 3 is 2.62 bits per heavy atom. The van der Waals surface area contributed by atoms with E-state index in [0.29, 0.717) is 12.5 Å². The van der Waals surface area contributed by atoms with Crippen LogP contribution in [0, 0.1) is 11.8 Å². The molecule has 2 heterocycles. The van der Waals surface area contributed by atoms with E-state index in [1.165, 1.54) is 25.1 Å². The van der Waals surface area contributed by atoms with Crippen LogP contribution in [0.4, 0.5) is 0 Å². The Kier molecular flexibility index (Phi) is 9.94. The molecule has 0 saturated carbocycles. The number of nitrogens with zero attached hydrogens (tertiary/aromatic N) is 2. The molecule has 2 bridgehead atoms. The number of hydrogen-bond donors (Lipinski definition) is 1. The molecule has 4 nitrogen and oxygen atoms in total. The van der Waals surface area contributed by atoms with Gasteiger partial charge in [-0.3, -0.25) is 9.69 Å². The summed E-state index contributed by atoms with van der Waals surface area (Å²) < 4.78 is 0. The summed E-state index contributed by atoms with van der Waals surface area (Å²) in [7, 11) is 3.68. The van der Waals surface area contributed by atoms with E-state index in [1.54, 1.807) is 4.90 Å². The van der Waals surface area contributed by atoms with Crippen LogP contribution in [0.5, 0.6) is 0 Å². The first-order valence-electron chi connectivity index (χ1n) is 9.31. The molecule has 26 heavy (non-hydrogen) atoms. The Hall–Kier alpha value is -0.810. The van der Waals surface area contributed by atoms with Gasteiger partial charge in [-0.05, 0) is 43.2 Å². The van der Waals surface area contributed by atoms with Crippen molar-refractivity contribution in [2.75, 3.05) is 33.7 Å². The largest absolute Gasteiger partial charge is 0.349 e. The lowest BCUT2D eigenvalue weighted by atomic mass is 9.79. The van der Waals surface area contributed by atoms with Gasteiger partial charge in [0, 0.05) is 46.2 Å². The number of carbonyl (C=O) groups excluding carboxylic acids is 1. The zero-order valence-electron chi connectivity index (χ0n) is 15.9. The van der Waals surface area contributed by atoms with Gasteiger partial charge in [0.2, 0.25) is 5.91 Å². The monoisotopic (exact) mass is 401 g/mol. The molecule has 1 N–H and O–H groups in total. The number of nitrogens with one attached hydrogen (secondary N) is 1. The van der Waals surface area contributed by atoms with Crippen LogP contribution in [-0.4, -0.2) is 55.5 Å². The second kappa shape index (κ2) is 11.1. The van der Waals surface area contributed by atoms with Crippen molar-refractivity contribution in [3.05, 3.63) is 35.9 Å². The molecule has 2 aliphatic heterocycles. The molecule has 0 spiro atoms. The van der Waals surface area contributed by atoms with E-state index in [4.69, 9.17) is 0 Å². The number of amides is 1. The molecule has 1 aromatic rings. The third-order valence-electron chi connectivity index (χ3n) is 5.54. The summed E-state index contributed by atoms with van der Waals surface area (Å²) in [4.78, 5) is 16.1. The SMILES string of the molecule is CN(C)C(=O)CCC[C@H]1NCC2CC1CN(Cc1ccccc1)C2.Cl.Cl. The minimum Gasteiger partial charge on any atom is -0.349 e. The second-order valence-corrected chi connectivity index (χ2v) is 7.74.